The summed E-state index contributed by atoms with van der Waals surface area (Å²) in [5, 5.41) is 1.14. The van der Waals surface area contributed by atoms with E-state index in [2.05, 4.69) is 127 Å². The summed E-state index contributed by atoms with van der Waals surface area (Å²) in [5.41, 5.74) is 5.75. The number of halogens is 1. The number of pyridine rings is 1. The second-order valence-corrected chi connectivity index (χ2v) is 12.4. The zero-order valence-corrected chi connectivity index (χ0v) is 26.6. The van der Waals surface area contributed by atoms with Gasteiger partial charge in [0.25, 0.3) is 0 Å². The molecule has 214 valence electrons. The molecule has 0 saturated carbocycles. The molecule has 4 rings (SSSR count). The second-order valence-electron chi connectivity index (χ2n) is 11.5. The van der Waals surface area contributed by atoms with Crippen molar-refractivity contribution >= 4 is 26.8 Å². The molecule has 0 spiro atoms. The van der Waals surface area contributed by atoms with Gasteiger partial charge in [0.2, 0.25) is 5.88 Å². The lowest BCUT2D eigenvalue weighted by atomic mass is 9.73. The summed E-state index contributed by atoms with van der Waals surface area (Å²) in [6, 6.07) is 17.7. The molecule has 1 aliphatic rings. The minimum Gasteiger partial charge on any atom is -0.476 e. The quantitative estimate of drug-likeness (QED) is 0.195. The Bertz CT molecular complexity index is 1310. The van der Waals surface area contributed by atoms with Gasteiger partial charge in [-0.3, -0.25) is 4.90 Å². The number of fused-ring (bicyclic) bond motifs is 1. The van der Waals surface area contributed by atoms with Crippen LogP contribution in [0.25, 0.3) is 10.9 Å². The lowest BCUT2D eigenvalue weighted by Crippen LogP contribution is -2.33. The van der Waals surface area contributed by atoms with E-state index in [9.17, 15) is 0 Å². The van der Waals surface area contributed by atoms with Crippen molar-refractivity contribution in [1.82, 2.24) is 14.8 Å². The van der Waals surface area contributed by atoms with Gasteiger partial charge in [0.15, 0.2) is 0 Å². The first-order valence-corrected chi connectivity index (χ1v) is 15.6. The van der Waals surface area contributed by atoms with Crippen LogP contribution >= 0.6 is 15.9 Å². The number of rotatable bonds is 12. The predicted octanol–water partition coefficient (Wildman–Crippen LogP) is 8.18. The molecule has 0 aliphatic carbocycles. The van der Waals surface area contributed by atoms with Crippen LogP contribution in [-0.2, 0) is 11.8 Å². The Hall–Kier alpha value is -2.47. The van der Waals surface area contributed by atoms with Crippen molar-refractivity contribution in [2.75, 3.05) is 46.9 Å². The van der Waals surface area contributed by atoms with E-state index in [1.807, 2.05) is 0 Å². The van der Waals surface area contributed by atoms with Gasteiger partial charge in [-0.25, -0.2) is 4.98 Å². The highest BCUT2D eigenvalue weighted by Gasteiger charge is 2.32. The number of piperidine rings is 1. The topological polar surface area (TPSA) is 28.6 Å². The summed E-state index contributed by atoms with van der Waals surface area (Å²) >= 11 is 3.85. The lowest BCUT2D eigenvalue weighted by Gasteiger charge is -2.33. The van der Waals surface area contributed by atoms with E-state index in [1.54, 1.807) is 0 Å². The average molecular weight is 605 g/mol. The molecule has 4 nitrogen and oxygen atoms in total. The minimum absolute atomic E-state index is 0.216. The van der Waals surface area contributed by atoms with Crippen LogP contribution in [0.15, 0.2) is 76.8 Å². The Morgan fingerprint density at radius 1 is 1.07 bits per heavy atom. The molecule has 0 N–H and O–H groups in total. The fourth-order valence-electron chi connectivity index (χ4n) is 5.78. The Balaban J connectivity index is 1.81. The van der Waals surface area contributed by atoms with E-state index < -0.39 is 0 Å². The summed E-state index contributed by atoms with van der Waals surface area (Å²) in [7, 11) is 4.29. The van der Waals surface area contributed by atoms with E-state index in [-0.39, 0.29) is 5.41 Å². The number of benzene rings is 2. The SMILES string of the molecule is C/C=C\C(=C/C)Cc1cc2cc(Br)cc(C(C)(CCN(C)C)c3ccccc3)c2nc1OCCN1CCCCC1. The molecule has 0 bridgehead atoms. The molecule has 40 heavy (non-hydrogen) atoms. The average Bonchev–Trinajstić information content (AvgIpc) is 2.96. The molecule has 1 aliphatic heterocycles. The van der Waals surface area contributed by atoms with E-state index in [4.69, 9.17) is 9.72 Å². The van der Waals surface area contributed by atoms with Crippen LogP contribution in [0.4, 0.5) is 0 Å². The van der Waals surface area contributed by atoms with Crippen molar-refractivity contribution in [2.24, 2.45) is 0 Å². The van der Waals surface area contributed by atoms with Gasteiger partial charge < -0.3 is 9.64 Å². The molecule has 1 fully saturated rings. The van der Waals surface area contributed by atoms with Crippen LogP contribution in [0.3, 0.4) is 0 Å². The minimum atomic E-state index is -0.216. The molecule has 3 aromatic rings. The van der Waals surface area contributed by atoms with Gasteiger partial charge in [-0.05, 0) is 102 Å². The third-order valence-corrected chi connectivity index (χ3v) is 8.69. The maximum absolute atomic E-state index is 6.55. The number of likely N-dealkylation sites (tertiary alicyclic amines) is 1. The summed E-state index contributed by atoms with van der Waals surface area (Å²) in [6.07, 6.45) is 12.2. The van der Waals surface area contributed by atoms with Crippen LogP contribution in [0.5, 0.6) is 5.88 Å². The van der Waals surface area contributed by atoms with Crippen LogP contribution in [0, 0.1) is 0 Å². The summed E-state index contributed by atoms with van der Waals surface area (Å²) in [5.74, 6) is 0.764. The highest BCUT2D eigenvalue weighted by Crippen LogP contribution is 2.41. The van der Waals surface area contributed by atoms with Crippen LogP contribution < -0.4 is 4.74 Å². The van der Waals surface area contributed by atoms with Gasteiger partial charge in [0, 0.05) is 33.8 Å². The zero-order valence-electron chi connectivity index (χ0n) is 25.0. The van der Waals surface area contributed by atoms with E-state index >= 15 is 0 Å². The summed E-state index contributed by atoms with van der Waals surface area (Å²) in [6.45, 7) is 11.5. The first-order chi connectivity index (χ1) is 19.3. The van der Waals surface area contributed by atoms with E-state index in [0.29, 0.717) is 6.61 Å². The fourth-order valence-corrected chi connectivity index (χ4v) is 6.26. The first kappa shape index (κ1) is 30.5. The number of aromatic nitrogens is 1. The molecular weight excluding hydrogens is 558 g/mol. The van der Waals surface area contributed by atoms with Gasteiger partial charge in [0.1, 0.15) is 6.61 Å². The maximum atomic E-state index is 6.55. The van der Waals surface area contributed by atoms with Crippen molar-refractivity contribution in [3.8, 4) is 5.88 Å². The highest BCUT2D eigenvalue weighted by atomic mass is 79.9. The van der Waals surface area contributed by atoms with E-state index in [1.165, 1.54) is 49.1 Å². The van der Waals surface area contributed by atoms with Crippen molar-refractivity contribution < 1.29 is 4.74 Å². The predicted molar refractivity (Wildman–Crippen MR) is 174 cm³/mol. The van der Waals surface area contributed by atoms with Crippen molar-refractivity contribution in [1.29, 1.82) is 0 Å². The maximum Gasteiger partial charge on any atom is 0.217 e. The summed E-state index contributed by atoms with van der Waals surface area (Å²) in [4.78, 5) is 10.1. The van der Waals surface area contributed by atoms with E-state index in [0.717, 1.165) is 52.8 Å². The van der Waals surface area contributed by atoms with Crippen molar-refractivity contribution in [3.05, 3.63) is 93.5 Å². The molecular formula is C35H46BrN3O. The number of allylic oxidation sites excluding steroid dienone is 4. The number of hydrogen-bond acceptors (Lipinski definition) is 4. The molecule has 1 aromatic heterocycles. The van der Waals surface area contributed by atoms with Crippen LogP contribution in [0.2, 0.25) is 0 Å². The monoisotopic (exact) mass is 603 g/mol. The summed E-state index contributed by atoms with van der Waals surface area (Å²) < 4.78 is 7.63. The van der Waals surface area contributed by atoms with Gasteiger partial charge >= 0.3 is 0 Å². The Morgan fingerprint density at radius 2 is 1.82 bits per heavy atom. The Kier molecular flexibility index (Phi) is 11.0. The Morgan fingerprint density at radius 3 is 2.50 bits per heavy atom. The normalized spacial score (nSPS) is 16.6. The smallest absolute Gasteiger partial charge is 0.217 e. The van der Waals surface area contributed by atoms with Crippen molar-refractivity contribution in [2.45, 2.75) is 58.3 Å². The molecule has 0 amide bonds. The number of hydrogen-bond donors (Lipinski definition) is 0. The lowest BCUT2D eigenvalue weighted by molar-refractivity contribution is 0.180. The standard InChI is InChI=1S/C35H46BrN3O/c1-6-14-27(7-2)23-29-24-28-25-31(36)26-32(35(3,17-20-38(4)5)30-15-10-8-11-16-30)33(28)37-34(29)40-22-21-39-18-12-9-13-19-39/h6-8,10-11,14-16,24-26H,9,12-13,17-23H2,1-5H3/b14-6-,27-7+. The third-order valence-electron chi connectivity index (χ3n) is 8.23. The van der Waals surface area contributed by atoms with Crippen LogP contribution in [0.1, 0.15) is 63.1 Å². The zero-order chi connectivity index (χ0) is 28.5. The highest BCUT2D eigenvalue weighted by molar-refractivity contribution is 9.10. The van der Waals surface area contributed by atoms with Gasteiger partial charge in [-0.1, -0.05) is 77.8 Å². The van der Waals surface area contributed by atoms with Crippen LogP contribution in [-0.4, -0.2) is 61.7 Å². The van der Waals surface area contributed by atoms with Gasteiger partial charge in [0.05, 0.1) is 5.52 Å². The largest absolute Gasteiger partial charge is 0.476 e. The molecule has 2 aromatic carbocycles. The number of nitrogens with zero attached hydrogens (tertiary/aromatic N) is 3. The molecule has 1 atom stereocenters. The molecule has 1 saturated heterocycles. The molecule has 1 unspecified atom stereocenters. The molecule has 5 heteroatoms. The number of ether oxygens (including phenoxy) is 1. The molecule has 2 heterocycles. The third kappa shape index (κ3) is 7.63. The molecule has 0 radical (unpaired) electrons. The fraction of sp³-hybridized carbons (Fsp3) is 0.457. The van der Waals surface area contributed by atoms with Gasteiger partial charge in [-0.2, -0.15) is 0 Å². The van der Waals surface area contributed by atoms with Crippen molar-refractivity contribution in [3.63, 3.8) is 0 Å². The first-order valence-electron chi connectivity index (χ1n) is 14.8. The second kappa shape index (κ2) is 14.4. The van der Waals surface area contributed by atoms with Gasteiger partial charge in [-0.15, -0.1) is 0 Å². The Labute approximate surface area is 250 Å².